The Morgan fingerprint density at radius 3 is 2.52 bits per heavy atom. The molecule has 0 bridgehead atoms. The predicted octanol–water partition coefficient (Wildman–Crippen LogP) is 1.91. The van der Waals surface area contributed by atoms with Gasteiger partial charge in [-0.25, -0.2) is 0 Å². The van der Waals surface area contributed by atoms with Gasteiger partial charge in [0, 0.05) is 19.1 Å². The van der Waals surface area contributed by atoms with Crippen molar-refractivity contribution >= 4 is 15.9 Å². The maximum atomic E-state index is 12.9. The minimum Gasteiger partial charge on any atom is -0.395 e. The fraction of sp³-hybridized carbons (Fsp3) is 0.600. The van der Waals surface area contributed by atoms with Gasteiger partial charge in [0.2, 0.25) is 0 Å². The van der Waals surface area contributed by atoms with E-state index in [0.717, 1.165) is 24.8 Å². The molecule has 0 aromatic heterocycles. The molecule has 0 aliphatic carbocycles. The van der Waals surface area contributed by atoms with Gasteiger partial charge in [-0.05, 0) is 38.8 Å². The molecule has 1 saturated heterocycles. The van der Waals surface area contributed by atoms with Gasteiger partial charge in [0.1, 0.15) is 0 Å². The SMILES string of the molecule is CCN(c1ccc(C)cc1)S(=O)(=O)N1CCCCC1CO. The number of rotatable bonds is 5. The minimum absolute atomic E-state index is 0.120. The van der Waals surface area contributed by atoms with Crippen molar-refractivity contribution in [1.82, 2.24) is 4.31 Å². The molecule has 6 heteroatoms. The van der Waals surface area contributed by atoms with E-state index in [0.29, 0.717) is 18.8 Å². The summed E-state index contributed by atoms with van der Waals surface area (Å²) in [5, 5.41) is 9.46. The van der Waals surface area contributed by atoms with Crippen molar-refractivity contribution in [2.45, 2.75) is 39.2 Å². The summed E-state index contributed by atoms with van der Waals surface area (Å²) in [6, 6.07) is 7.17. The molecule has 0 amide bonds. The molecule has 1 fully saturated rings. The molecule has 1 aliphatic heterocycles. The highest BCUT2D eigenvalue weighted by atomic mass is 32.2. The molecule has 2 rings (SSSR count). The zero-order chi connectivity index (χ0) is 15.5. The van der Waals surface area contributed by atoms with Crippen LogP contribution >= 0.6 is 0 Å². The molecule has 1 aliphatic rings. The average Bonchev–Trinajstić information content (AvgIpc) is 2.49. The first-order valence-electron chi connectivity index (χ1n) is 7.47. The van der Waals surface area contributed by atoms with Crippen LogP contribution < -0.4 is 4.31 Å². The van der Waals surface area contributed by atoms with Crippen LogP contribution in [0.3, 0.4) is 0 Å². The fourth-order valence-electron chi connectivity index (χ4n) is 2.78. The molecule has 0 saturated carbocycles. The summed E-state index contributed by atoms with van der Waals surface area (Å²) in [7, 11) is -3.59. The van der Waals surface area contributed by atoms with Gasteiger partial charge in [-0.15, -0.1) is 0 Å². The first kappa shape index (κ1) is 16.3. The average molecular weight is 312 g/mol. The Bertz CT molecular complexity index is 557. The second-order valence-corrected chi connectivity index (χ2v) is 7.26. The molecular formula is C15H24N2O3S. The summed E-state index contributed by atoms with van der Waals surface area (Å²) in [6.07, 6.45) is 2.54. The Labute approximate surface area is 127 Å². The van der Waals surface area contributed by atoms with Crippen LogP contribution in [0, 0.1) is 6.92 Å². The monoisotopic (exact) mass is 312 g/mol. The lowest BCUT2D eigenvalue weighted by atomic mass is 10.1. The van der Waals surface area contributed by atoms with Crippen molar-refractivity contribution < 1.29 is 13.5 Å². The third-order valence-electron chi connectivity index (χ3n) is 3.97. The van der Waals surface area contributed by atoms with Crippen LogP contribution in [-0.4, -0.2) is 43.6 Å². The van der Waals surface area contributed by atoms with Crippen molar-refractivity contribution in [2.24, 2.45) is 0 Å². The van der Waals surface area contributed by atoms with Gasteiger partial charge >= 0.3 is 10.2 Å². The topological polar surface area (TPSA) is 60.9 Å². The minimum atomic E-state index is -3.59. The van der Waals surface area contributed by atoms with Gasteiger partial charge in [0.25, 0.3) is 0 Å². The van der Waals surface area contributed by atoms with Crippen molar-refractivity contribution in [2.75, 3.05) is 24.0 Å². The molecule has 0 radical (unpaired) electrons. The Hall–Kier alpha value is -1.11. The number of aliphatic hydroxyl groups is 1. The van der Waals surface area contributed by atoms with Crippen molar-refractivity contribution in [1.29, 1.82) is 0 Å². The number of piperidine rings is 1. The molecule has 1 atom stereocenters. The van der Waals surface area contributed by atoms with Gasteiger partial charge < -0.3 is 5.11 Å². The van der Waals surface area contributed by atoms with E-state index in [1.807, 2.05) is 38.1 Å². The number of hydrogen-bond donors (Lipinski definition) is 1. The Morgan fingerprint density at radius 2 is 1.95 bits per heavy atom. The number of anilines is 1. The third-order valence-corrected chi connectivity index (χ3v) is 6.07. The predicted molar refractivity (Wildman–Crippen MR) is 84.5 cm³/mol. The lowest BCUT2D eigenvalue weighted by Crippen LogP contribution is -2.52. The van der Waals surface area contributed by atoms with Gasteiger partial charge in [-0.1, -0.05) is 24.1 Å². The number of aliphatic hydroxyl groups excluding tert-OH is 1. The number of nitrogens with zero attached hydrogens (tertiary/aromatic N) is 2. The Kier molecular flexibility index (Phi) is 5.24. The molecule has 1 aromatic rings. The second-order valence-electron chi connectivity index (χ2n) is 5.45. The summed E-state index contributed by atoms with van der Waals surface area (Å²) in [6.45, 7) is 4.54. The summed E-state index contributed by atoms with van der Waals surface area (Å²) in [5.74, 6) is 0. The van der Waals surface area contributed by atoms with Crippen molar-refractivity contribution in [3.63, 3.8) is 0 Å². The Morgan fingerprint density at radius 1 is 1.29 bits per heavy atom. The molecule has 0 spiro atoms. The summed E-state index contributed by atoms with van der Waals surface area (Å²) in [4.78, 5) is 0. The fourth-order valence-corrected chi connectivity index (χ4v) is 4.65. The molecule has 118 valence electrons. The molecule has 21 heavy (non-hydrogen) atoms. The highest BCUT2D eigenvalue weighted by Crippen LogP contribution is 2.26. The highest BCUT2D eigenvalue weighted by Gasteiger charge is 2.35. The standard InChI is InChI=1S/C15H24N2O3S/c1-3-16(14-9-7-13(2)8-10-14)21(19,20)17-11-5-4-6-15(17)12-18/h7-10,15,18H,3-6,11-12H2,1-2H3. The summed E-state index contributed by atoms with van der Waals surface area (Å²) >= 11 is 0. The van der Waals surface area contributed by atoms with E-state index in [4.69, 9.17) is 0 Å². The first-order valence-corrected chi connectivity index (χ1v) is 8.87. The second kappa shape index (κ2) is 6.77. The van der Waals surface area contributed by atoms with Crippen LogP contribution in [0.5, 0.6) is 0 Å². The molecule has 1 aromatic carbocycles. The number of aryl methyl sites for hydroxylation is 1. The van der Waals surface area contributed by atoms with E-state index in [9.17, 15) is 13.5 Å². The quantitative estimate of drug-likeness (QED) is 0.903. The van der Waals surface area contributed by atoms with E-state index in [2.05, 4.69) is 0 Å². The zero-order valence-corrected chi connectivity index (χ0v) is 13.5. The smallest absolute Gasteiger partial charge is 0.304 e. The third kappa shape index (κ3) is 3.39. The van der Waals surface area contributed by atoms with Crippen molar-refractivity contribution in [3.8, 4) is 0 Å². The zero-order valence-electron chi connectivity index (χ0n) is 12.7. The molecular weight excluding hydrogens is 288 g/mol. The van der Waals surface area contributed by atoms with E-state index < -0.39 is 10.2 Å². The van der Waals surface area contributed by atoms with Crippen LogP contribution in [0.25, 0.3) is 0 Å². The summed E-state index contributed by atoms with van der Waals surface area (Å²) < 4.78 is 28.7. The van der Waals surface area contributed by atoms with Crippen LogP contribution in [0.2, 0.25) is 0 Å². The maximum Gasteiger partial charge on any atom is 0.304 e. The largest absolute Gasteiger partial charge is 0.395 e. The lowest BCUT2D eigenvalue weighted by molar-refractivity contribution is 0.155. The van der Waals surface area contributed by atoms with Gasteiger partial charge in [-0.3, -0.25) is 4.31 Å². The van der Waals surface area contributed by atoms with E-state index in [1.54, 1.807) is 0 Å². The van der Waals surface area contributed by atoms with E-state index in [1.165, 1.54) is 8.61 Å². The molecule has 1 heterocycles. The summed E-state index contributed by atoms with van der Waals surface area (Å²) in [5.41, 5.74) is 1.77. The molecule has 1 unspecified atom stereocenters. The van der Waals surface area contributed by atoms with Gasteiger partial charge in [-0.2, -0.15) is 12.7 Å². The number of benzene rings is 1. The van der Waals surface area contributed by atoms with E-state index in [-0.39, 0.29) is 12.6 Å². The maximum absolute atomic E-state index is 12.9. The van der Waals surface area contributed by atoms with Crippen molar-refractivity contribution in [3.05, 3.63) is 29.8 Å². The van der Waals surface area contributed by atoms with Crippen LogP contribution in [0.1, 0.15) is 31.7 Å². The van der Waals surface area contributed by atoms with Gasteiger partial charge in [0.05, 0.1) is 12.3 Å². The van der Waals surface area contributed by atoms with Crippen LogP contribution in [0.15, 0.2) is 24.3 Å². The normalized spacial score (nSPS) is 20.4. The van der Waals surface area contributed by atoms with E-state index >= 15 is 0 Å². The lowest BCUT2D eigenvalue weighted by Gasteiger charge is -2.37. The first-order chi connectivity index (χ1) is 10.0. The number of hydrogen-bond acceptors (Lipinski definition) is 3. The highest BCUT2D eigenvalue weighted by molar-refractivity contribution is 7.90. The van der Waals surface area contributed by atoms with Crippen LogP contribution in [-0.2, 0) is 10.2 Å². The molecule has 1 N–H and O–H groups in total. The van der Waals surface area contributed by atoms with Gasteiger partial charge in [0.15, 0.2) is 0 Å². The van der Waals surface area contributed by atoms with Crippen LogP contribution in [0.4, 0.5) is 5.69 Å². The Balaban J connectivity index is 2.32. The molecule has 5 nitrogen and oxygen atoms in total.